The van der Waals surface area contributed by atoms with Crippen LogP contribution in [-0.4, -0.2) is 30.1 Å². The van der Waals surface area contributed by atoms with E-state index in [0.717, 1.165) is 18.2 Å². The second-order valence-corrected chi connectivity index (χ2v) is 5.18. The maximum Gasteiger partial charge on any atom is 0.416 e. The van der Waals surface area contributed by atoms with Gasteiger partial charge in [-0.2, -0.15) is 0 Å². The van der Waals surface area contributed by atoms with E-state index < -0.39 is 6.09 Å². The molecule has 100 valence electrons. The number of amides is 2. The zero-order valence-corrected chi connectivity index (χ0v) is 10.9. The first-order valence-corrected chi connectivity index (χ1v) is 6.78. The molecule has 20 heavy (non-hydrogen) atoms. The molecule has 1 fully saturated rings. The number of carbonyl (C=O) groups excluding carboxylic acids is 2. The van der Waals surface area contributed by atoms with Crippen molar-refractivity contribution in [2.45, 2.75) is 12.8 Å². The first kappa shape index (κ1) is 11.5. The molecule has 4 rings (SSSR count). The molecule has 0 N–H and O–H groups in total. The van der Waals surface area contributed by atoms with Gasteiger partial charge in [0.15, 0.2) is 0 Å². The molecule has 4 heteroatoms. The summed E-state index contributed by atoms with van der Waals surface area (Å²) in [6.45, 7) is 0.618. The van der Waals surface area contributed by atoms with Crippen LogP contribution in [0.3, 0.4) is 0 Å². The Hall–Kier alpha value is -2.36. The third kappa shape index (κ3) is 1.48. The Kier molecular flexibility index (Phi) is 2.33. The molecular formula is C16H13NO3. The molecule has 0 spiro atoms. The normalized spacial score (nSPS) is 16.8. The summed E-state index contributed by atoms with van der Waals surface area (Å²) < 4.78 is 4.85. The Bertz CT molecular complexity index is 740. The number of benzene rings is 2. The van der Waals surface area contributed by atoms with Crippen LogP contribution in [-0.2, 0) is 17.6 Å². The van der Waals surface area contributed by atoms with Gasteiger partial charge in [-0.15, -0.1) is 0 Å². The van der Waals surface area contributed by atoms with Crippen molar-refractivity contribution in [3.8, 4) is 0 Å². The largest absolute Gasteiger partial charge is 0.447 e. The van der Waals surface area contributed by atoms with Crippen LogP contribution in [0.1, 0.15) is 21.5 Å². The standard InChI is InChI=1S/C16H13NO3/c18-15(17-8-9-20-16(17)19)13-7-6-11-5-4-10-2-1-3-12(13)14(10)11/h1-3,6-7H,4-5,8-9H2. The second-order valence-electron chi connectivity index (χ2n) is 5.18. The number of hydrogen-bond donors (Lipinski definition) is 0. The molecule has 1 saturated heterocycles. The molecule has 2 aromatic carbocycles. The number of nitrogens with zero attached hydrogens (tertiary/aromatic N) is 1. The minimum absolute atomic E-state index is 0.261. The van der Waals surface area contributed by atoms with Crippen LogP contribution in [0.5, 0.6) is 0 Å². The predicted octanol–water partition coefficient (Wildman–Crippen LogP) is 2.53. The summed E-state index contributed by atoms with van der Waals surface area (Å²) in [7, 11) is 0. The van der Waals surface area contributed by atoms with E-state index in [1.807, 2.05) is 24.3 Å². The van der Waals surface area contributed by atoms with Gasteiger partial charge in [-0.05, 0) is 40.8 Å². The van der Waals surface area contributed by atoms with Gasteiger partial charge in [0.2, 0.25) is 0 Å². The van der Waals surface area contributed by atoms with Crippen molar-refractivity contribution in [2.75, 3.05) is 13.2 Å². The lowest BCUT2D eigenvalue weighted by Gasteiger charge is -2.13. The molecule has 2 amide bonds. The lowest BCUT2D eigenvalue weighted by Crippen LogP contribution is -2.31. The van der Waals surface area contributed by atoms with Crippen LogP contribution in [0, 0.1) is 0 Å². The van der Waals surface area contributed by atoms with Gasteiger partial charge >= 0.3 is 6.09 Å². The topological polar surface area (TPSA) is 46.6 Å². The first-order valence-electron chi connectivity index (χ1n) is 6.78. The van der Waals surface area contributed by atoms with Gasteiger partial charge in [0, 0.05) is 5.56 Å². The van der Waals surface area contributed by atoms with E-state index in [2.05, 4.69) is 6.07 Å². The highest BCUT2D eigenvalue weighted by atomic mass is 16.6. The number of imide groups is 1. The molecule has 0 bridgehead atoms. The second kappa shape index (κ2) is 4.07. The summed E-state index contributed by atoms with van der Waals surface area (Å²) in [5.74, 6) is -0.261. The van der Waals surface area contributed by atoms with Crippen LogP contribution in [0.25, 0.3) is 10.8 Å². The highest BCUT2D eigenvalue weighted by molar-refractivity contribution is 6.13. The lowest BCUT2D eigenvalue weighted by molar-refractivity contribution is 0.0811. The van der Waals surface area contributed by atoms with Gasteiger partial charge in [0.1, 0.15) is 6.61 Å². The number of rotatable bonds is 1. The Balaban J connectivity index is 1.89. The highest BCUT2D eigenvalue weighted by Gasteiger charge is 2.30. The Morgan fingerprint density at radius 2 is 1.90 bits per heavy atom. The first-order chi connectivity index (χ1) is 9.75. The molecule has 0 aromatic heterocycles. The number of hydrogen-bond acceptors (Lipinski definition) is 3. The number of cyclic esters (lactones) is 1. The minimum atomic E-state index is -0.543. The fourth-order valence-electron chi connectivity index (χ4n) is 3.16. The van der Waals surface area contributed by atoms with E-state index in [-0.39, 0.29) is 12.5 Å². The van der Waals surface area contributed by atoms with Gasteiger partial charge in [-0.1, -0.05) is 24.3 Å². The van der Waals surface area contributed by atoms with Crippen molar-refractivity contribution in [3.05, 3.63) is 47.0 Å². The van der Waals surface area contributed by atoms with Crippen molar-refractivity contribution in [1.29, 1.82) is 0 Å². The SMILES string of the molecule is O=C1OCCN1C(=O)c1ccc2c3c(cccc13)CC2. The highest BCUT2D eigenvalue weighted by Crippen LogP contribution is 2.33. The summed E-state index contributed by atoms with van der Waals surface area (Å²) in [5, 5.41) is 2.13. The molecule has 0 saturated carbocycles. The average Bonchev–Trinajstić information content (AvgIpc) is 3.07. The molecular weight excluding hydrogens is 254 g/mol. The van der Waals surface area contributed by atoms with Crippen LogP contribution in [0.2, 0.25) is 0 Å². The van der Waals surface area contributed by atoms with Crippen molar-refractivity contribution in [2.24, 2.45) is 0 Å². The van der Waals surface area contributed by atoms with Gasteiger partial charge in [0.05, 0.1) is 6.54 Å². The summed E-state index contributed by atoms with van der Waals surface area (Å²) in [4.78, 5) is 25.3. The molecule has 0 unspecified atom stereocenters. The Morgan fingerprint density at radius 3 is 2.65 bits per heavy atom. The quantitative estimate of drug-likeness (QED) is 0.797. The van der Waals surface area contributed by atoms with Crippen molar-refractivity contribution >= 4 is 22.8 Å². The average molecular weight is 267 g/mol. The maximum atomic E-state index is 12.5. The molecule has 2 aromatic rings. The number of carbonyl (C=O) groups is 2. The number of aryl methyl sites for hydroxylation is 2. The third-order valence-electron chi connectivity index (χ3n) is 4.11. The molecule has 4 nitrogen and oxygen atoms in total. The van der Waals surface area contributed by atoms with E-state index in [1.165, 1.54) is 21.4 Å². The van der Waals surface area contributed by atoms with Crippen molar-refractivity contribution < 1.29 is 14.3 Å². The van der Waals surface area contributed by atoms with Gasteiger partial charge in [-0.25, -0.2) is 9.69 Å². The predicted molar refractivity (Wildman–Crippen MR) is 73.7 cm³/mol. The number of ether oxygens (including phenoxy) is 1. The fourth-order valence-corrected chi connectivity index (χ4v) is 3.16. The summed E-state index contributed by atoms with van der Waals surface area (Å²) >= 11 is 0. The zero-order valence-electron chi connectivity index (χ0n) is 10.9. The smallest absolute Gasteiger partial charge is 0.416 e. The molecule has 1 aliphatic heterocycles. The maximum absolute atomic E-state index is 12.5. The monoisotopic (exact) mass is 267 g/mol. The van der Waals surface area contributed by atoms with Crippen molar-refractivity contribution in [1.82, 2.24) is 4.90 Å². The molecule has 1 heterocycles. The summed E-state index contributed by atoms with van der Waals surface area (Å²) in [6, 6.07) is 9.89. The van der Waals surface area contributed by atoms with Gasteiger partial charge in [-0.3, -0.25) is 4.79 Å². The van der Waals surface area contributed by atoms with E-state index in [1.54, 1.807) is 0 Å². The Morgan fingerprint density at radius 1 is 1.10 bits per heavy atom. The van der Waals surface area contributed by atoms with Crippen LogP contribution in [0.15, 0.2) is 30.3 Å². The minimum Gasteiger partial charge on any atom is -0.447 e. The van der Waals surface area contributed by atoms with E-state index in [4.69, 9.17) is 4.74 Å². The fraction of sp³-hybridized carbons (Fsp3) is 0.250. The van der Waals surface area contributed by atoms with Crippen LogP contribution in [0.4, 0.5) is 4.79 Å². The van der Waals surface area contributed by atoms with Gasteiger partial charge < -0.3 is 4.74 Å². The Labute approximate surface area is 115 Å². The summed E-state index contributed by atoms with van der Waals surface area (Å²) in [6.07, 6.45) is 1.50. The molecule has 0 atom stereocenters. The third-order valence-corrected chi connectivity index (χ3v) is 4.11. The zero-order chi connectivity index (χ0) is 13.7. The van der Waals surface area contributed by atoms with Crippen LogP contribution < -0.4 is 0 Å². The molecule has 2 aliphatic rings. The van der Waals surface area contributed by atoms with E-state index in [9.17, 15) is 9.59 Å². The lowest BCUT2D eigenvalue weighted by atomic mass is 9.99. The molecule has 1 aliphatic carbocycles. The van der Waals surface area contributed by atoms with Gasteiger partial charge in [0.25, 0.3) is 5.91 Å². The van der Waals surface area contributed by atoms with E-state index in [0.29, 0.717) is 12.1 Å². The molecule has 0 radical (unpaired) electrons. The van der Waals surface area contributed by atoms with Crippen molar-refractivity contribution in [3.63, 3.8) is 0 Å². The summed E-state index contributed by atoms with van der Waals surface area (Å²) in [5.41, 5.74) is 3.17. The van der Waals surface area contributed by atoms with E-state index >= 15 is 0 Å². The van der Waals surface area contributed by atoms with Crippen LogP contribution >= 0.6 is 0 Å².